The topological polar surface area (TPSA) is 54.5 Å². The minimum absolute atomic E-state index is 0.159. The number of pyridine rings is 1. The molecule has 3 heterocycles. The Bertz CT molecular complexity index is 466. The number of carbonyl (C=O) groups excluding carboxylic acids is 1. The van der Waals surface area contributed by atoms with Gasteiger partial charge in [-0.15, -0.1) is 0 Å². The van der Waals surface area contributed by atoms with Crippen LogP contribution in [0.1, 0.15) is 31.2 Å². The van der Waals surface area contributed by atoms with Crippen LogP contribution in [0, 0.1) is 5.92 Å². The van der Waals surface area contributed by atoms with Gasteiger partial charge in [-0.1, -0.05) is 6.07 Å². The molecule has 0 spiro atoms. The summed E-state index contributed by atoms with van der Waals surface area (Å²) >= 11 is 0. The van der Waals surface area contributed by atoms with Crippen molar-refractivity contribution in [3.8, 4) is 0 Å². The lowest BCUT2D eigenvalue weighted by Gasteiger charge is -2.31. The highest BCUT2D eigenvalue weighted by atomic mass is 16.5. The van der Waals surface area contributed by atoms with E-state index in [-0.39, 0.29) is 17.9 Å². The lowest BCUT2D eigenvalue weighted by atomic mass is 9.95. The van der Waals surface area contributed by atoms with Crippen molar-refractivity contribution in [2.75, 3.05) is 26.2 Å². The van der Waals surface area contributed by atoms with E-state index in [2.05, 4.69) is 21.3 Å². The summed E-state index contributed by atoms with van der Waals surface area (Å²) in [4.78, 5) is 18.8. The predicted molar refractivity (Wildman–Crippen MR) is 84.2 cm³/mol. The average molecular weight is 303 g/mol. The molecule has 120 valence electrons. The van der Waals surface area contributed by atoms with E-state index in [1.807, 2.05) is 12.3 Å². The molecule has 0 aromatic carbocycles. The number of hydrogen-bond acceptors (Lipinski definition) is 4. The van der Waals surface area contributed by atoms with Gasteiger partial charge in [0.25, 0.3) is 0 Å². The highest BCUT2D eigenvalue weighted by Crippen LogP contribution is 2.19. The summed E-state index contributed by atoms with van der Waals surface area (Å²) in [7, 11) is 0. The quantitative estimate of drug-likeness (QED) is 0.897. The molecule has 2 saturated heterocycles. The van der Waals surface area contributed by atoms with Crippen molar-refractivity contribution in [2.24, 2.45) is 5.92 Å². The Morgan fingerprint density at radius 3 is 2.91 bits per heavy atom. The summed E-state index contributed by atoms with van der Waals surface area (Å²) in [5.41, 5.74) is 1.24. The molecule has 22 heavy (non-hydrogen) atoms. The molecule has 5 nitrogen and oxygen atoms in total. The molecule has 1 aromatic heterocycles. The van der Waals surface area contributed by atoms with Gasteiger partial charge in [0.1, 0.15) is 0 Å². The van der Waals surface area contributed by atoms with E-state index in [1.165, 1.54) is 5.56 Å². The van der Waals surface area contributed by atoms with Crippen molar-refractivity contribution < 1.29 is 9.53 Å². The molecule has 2 aliphatic heterocycles. The molecule has 1 unspecified atom stereocenters. The zero-order valence-corrected chi connectivity index (χ0v) is 13.0. The van der Waals surface area contributed by atoms with Gasteiger partial charge in [-0.25, -0.2) is 0 Å². The Morgan fingerprint density at radius 2 is 2.23 bits per heavy atom. The van der Waals surface area contributed by atoms with Gasteiger partial charge in [-0.2, -0.15) is 0 Å². The third kappa shape index (κ3) is 4.27. The molecule has 5 heteroatoms. The molecule has 0 aliphatic carbocycles. The number of nitrogens with zero attached hydrogens (tertiary/aromatic N) is 2. The van der Waals surface area contributed by atoms with Gasteiger partial charge in [0, 0.05) is 38.0 Å². The summed E-state index contributed by atoms with van der Waals surface area (Å²) in [6.07, 6.45) is 8.02. The smallest absolute Gasteiger partial charge is 0.223 e. The van der Waals surface area contributed by atoms with Crippen LogP contribution in [0.5, 0.6) is 0 Å². The van der Waals surface area contributed by atoms with Crippen LogP contribution < -0.4 is 5.32 Å². The number of nitrogens with one attached hydrogen (secondary N) is 1. The van der Waals surface area contributed by atoms with Crippen LogP contribution in [0.15, 0.2) is 24.5 Å². The third-order valence-electron chi connectivity index (χ3n) is 4.62. The zero-order valence-electron chi connectivity index (χ0n) is 13.0. The van der Waals surface area contributed by atoms with Crippen molar-refractivity contribution in [3.05, 3.63) is 30.1 Å². The summed E-state index contributed by atoms with van der Waals surface area (Å²) in [6, 6.07) is 4.08. The van der Waals surface area contributed by atoms with Crippen molar-refractivity contribution >= 4 is 5.91 Å². The molecule has 1 atom stereocenters. The van der Waals surface area contributed by atoms with Gasteiger partial charge >= 0.3 is 0 Å². The van der Waals surface area contributed by atoms with Crippen LogP contribution in [0.2, 0.25) is 0 Å². The number of amides is 1. The second-order valence-electron chi connectivity index (χ2n) is 6.29. The van der Waals surface area contributed by atoms with Crippen LogP contribution in [-0.4, -0.2) is 48.1 Å². The molecule has 1 N–H and O–H groups in total. The summed E-state index contributed by atoms with van der Waals surface area (Å²) < 4.78 is 5.55. The zero-order chi connectivity index (χ0) is 15.2. The van der Waals surface area contributed by atoms with Gasteiger partial charge in [-0.05, 0) is 50.4 Å². The van der Waals surface area contributed by atoms with Gasteiger partial charge in [-0.3, -0.25) is 14.7 Å². The average Bonchev–Trinajstić information content (AvgIpc) is 3.08. The van der Waals surface area contributed by atoms with E-state index in [4.69, 9.17) is 4.74 Å². The first-order valence-electron chi connectivity index (χ1n) is 8.32. The van der Waals surface area contributed by atoms with Crippen LogP contribution in [0.3, 0.4) is 0 Å². The van der Waals surface area contributed by atoms with E-state index in [9.17, 15) is 4.79 Å². The summed E-state index contributed by atoms with van der Waals surface area (Å²) in [5, 5.41) is 3.07. The number of aromatic nitrogens is 1. The Morgan fingerprint density at radius 1 is 1.36 bits per heavy atom. The molecule has 0 bridgehead atoms. The fourth-order valence-electron chi connectivity index (χ4n) is 3.27. The molecule has 0 saturated carbocycles. The number of hydrogen-bond donors (Lipinski definition) is 1. The predicted octanol–water partition coefficient (Wildman–Crippen LogP) is 1.59. The molecule has 1 amide bonds. The lowest BCUT2D eigenvalue weighted by molar-refractivity contribution is -0.127. The van der Waals surface area contributed by atoms with Crippen LogP contribution in [-0.2, 0) is 16.1 Å². The number of likely N-dealkylation sites (tertiary alicyclic amines) is 1. The normalized spacial score (nSPS) is 23.5. The molecular weight excluding hydrogens is 278 g/mol. The maximum atomic E-state index is 12.2. The SMILES string of the molecule is O=C(NCC1CCCO1)C1CCN(Cc2cccnc2)CC1. The summed E-state index contributed by atoms with van der Waals surface area (Å²) in [5.74, 6) is 0.364. The highest BCUT2D eigenvalue weighted by molar-refractivity contribution is 5.78. The van der Waals surface area contributed by atoms with Crippen molar-refractivity contribution in [2.45, 2.75) is 38.3 Å². The standard InChI is InChI=1S/C17H25N3O2/c21-17(19-12-16-4-2-10-22-16)15-5-8-20(9-6-15)13-14-3-1-7-18-11-14/h1,3,7,11,15-16H,2,4-6,8-10,12-13H2,(H,19,21). The fourth-order valence-corrected chi connectivity index (χ4v) is 3.27. The number of piperidine rings is 1. The molecular formula is C17H25N3O2. The summed E-state index contributed by atoms with van der Waals surface area (Å²) in [6.45, 7) is 4.40. The number of ether oxygens (including phenoxy) is 1. The van der Waals surface area contributed by atoms with E-state index < -0.39 is 0 Å². The van der Waals surface area contributed by atoms with E-state index >= 15 is 0 Å². The number of carbonyl (C=O) groups is 1. The first kappa shape index (κ1) is 15.4. The third-order valence-corrected chi connectivity index (χ3v) is 4.62. The monoisotopic (exact) mass is 303 g/mol. The minimum atomic E-state index is 0.159. The minimum Gasteiger partial charge on any atom is -0.376 e. The second-order valence-corrected chi connectivity index (χ2v) is 6.29. The van der Waals surface area contributed by atoms with E-state index in [0.29, 0.717) is 6.54 Å². The maximum absolute atomic E-state index is 12.2. The molecule has 3 rings (SSSR count). The molecule has 2 fully saturated rings. The Labute approximate surface area is 132 Å². The Kier molecular flexibility index (Phi) is 5.40. The Balaban J connectivity index is 1.38. The van der Waals surface area contributed by atoms with Crippen molar-refractivity contribution in [3.63, 3.8) is 0 Å². The number of rotatable bonds is 5. The van der Waals surface area contributed by atoms with Crippen LogP contribution >= 0.6 is 0 Å². The van der Waals surface area contributed by atoms with Gasteiger partial charge < -0.3 is 10.1 Å². The maximum Gasteiger partial charge on any atom is 0.223 e. The first-order chi connectivity index (χ1) is 10.8. The first-order valence-corrected chi connectivity index (χ1v) is 8.32. The van der Waals surface area contributed by atoms with Gasteiger partial charge in [0.05, 0.1) is 6.10 Å². The van der Waals surface area contributed by atoms with E-state index in [1.54, 1.807) is 6.20 Å². The Hall–Kier alpha value is -1.46. The van der Waals surface area contributed by atoms with Gasteiger partial charge in [0.15, 0.2) is 0 Å². The van der Waals surface area contributed by atoms with Crippen LogP contribution in [0.25, 0.3) is 0 Å². The lowest BCUT2D eigenvalue weighted by Crippen LogP contribution is -2.42. The van der Waals surface area contributed by atoms with Crippen molar-refractivity contribution in [1.82, 2.24) is 15.2 Å². The molecule has 2 aliphatic rings. The highest BCUT2D eigenvalue weighted by Gasteiger charge is 2.26. The second kappa shape index (κ2) is 7.70. The van der Waals surface area contributed by atoms with E-state index in [0.717, 1.165) is 51.9 Å². The van der Waals surface area contributed by atoms with Crippen molar-refractivity contribution in [1.29, 1.82) is 0 Å². The van der Waals surface area contributed by atoms with Gasteiger partial charge in [0.2, 0.25) is 5.91 Å². The molecule has 0 radical (unpaired) electrons. The largest absolute Gasteiger partial charge is 0.376 e. The fraction of sp³-hybridized carbons (Fsp3) is 0.647. The van der Waals surface area contributed by atoms with Crippen LogP contribution in [0.4, 0.5) is 0 Å². The molecule has 1 aromatic rings.